The van der Waals surface area contributed by atoms with Crippen LogP contribution < -0.4 is 10.1 Å². The lowest BCUT2D eigenvalue weighted by atomic mass is 10.3. The van der Waals surface area contributed by atoms with Crippen LogP contribution >= 0.6 is 0 Å². The van der Waals surface area contributed by atoms with E-state index in [-0.39, 0.29) is 18.2 Å². The minimum atomic E-state index is -4.93. The largest absolute Gasteiger partial charge is 0.475 e. The molecule has 0 aromatic carbocycles. The number of alkyl halides is 3. The van der Waals surface area contributed by atoms with Gasteiger partial charge in [-0.05, 0) is 13.0 Å². The van der Waals surface area contributed by atoms with Gasteiger partial charge in [0.2, 0.25) is 5.88 Å². The number of nitrogens with one attached hydrogen (secondary N) is 1. The van der Waals surface area contributed by atoms with E-state index >= 15 is 0 Å². The van der Waals surface area contributed by atoms with Crippen molar-refractivity contribution < 1.29 is 27.4 Å². The summed E-state index contributed by atoms with van der Waals surface area (Å²) < 4.78 is 46.2. The van der Waals surface area contributed by atoms with Gasteiger partial charge in [-0.1, -0.05) is 0 Å². The summed E-state index contributed by atoms with van der Waals surface area (Å²) >= 11 is 0. The molecule has 19 heavy (non-hydrogen) atoms. The molecule has 0 radical (unpaired) electrons. The molecule has 0 atom stereocenters. The van der Waals surface area contributed by atoms with Gasteiger partial charge >= 0.3 is 12.1 Å². The number of anilines is 1. The number of ether oxygens (including phenoxy) is 2. The van der Waals surface area contributed by atoms with Crippen LogP contribution in [0.4, 0.5) is 18.9 Å². The van der Waals surface area contributed by atoms with E-state index in [9.17, 15) is 18.0 Å². The van der Waals surface area contributed by atoms with Crippen LogP contribution in [0, 0.1) is 6.92 Å². The first-order valence-corrected chi connectivity index (χ1v) is 5.31. The molecule has 1 N–H and O–H groups in total. The van der Waals surface area contributed by atoms with E-state index in [1.54, 1.807) is 12.2 Å². The molecule has 1 heterocycles. The molecule has 0 unspecified atom stereocenters. The molecule has 1 aromatic heterocycles. The molecule has 0 fully saturated rings. The summed E-state index contributed by atoms with van der Waals surface area (Å²) in [4.78, 5) is 14.6. The van der Waals surface area contributed by atoms with E-state index in [2.05, 4.69) is 4.98 Å². The van der Waals surface area contributed by atoms with Gasteiger partial charge in [0, 0.05) is 12.7 Å². The molecular formula is C11H13F3N2O3. The van der Waals surface area contributed by atoms with Gasteiger partial charge in [0.1, 0.15) is 6.61 Å². The van der Waals surface area contributed by atoms with Gasteiger partial charge in [0.25, 0.3) is 0 Å². The van der Waals surface area contributed by atoms with E-state index in [4.69, 9.17) is 9.47 Å². The fraction of sp³-hybridized carbons (Fsp3) is 0.455. The van der Waals surface area contributed by atoms with Gasteiger partial charge in [0.15, 0.2) is 0 Å². The molecule has 8 heteroatoms. The fourth-order valence-corrected chi connectivity index (χ4v) is 1.21. The van der Waals surface area contributed by atoms with Crippen molar-refractivity contribution >= 4 is 11.6 Å². The lowest BCUT2D eigenvalue weighted by Gasteiger charge is -2.11. The standard InChI is InChI=1S/C11H13F3N2O3/c1-7-5-8(16-10(17)11(12,13)14)6-15-9(7)19-4-3-18-2/h5-6H,3-4H2,1-2H3,(H,16,17). The monoisotopic (exact) mass is 278 g/mol. The second-order valence-corrected chi connectivity index (χ2v) is 3.64. The van der Waals surface area contributed by atoms with E-state index < -0.39 is 12.1 Å². The van der Waals surface area contributed by atoms with Gasteiger partial charge < -0.3 is 14.8 Å². The smallest absolute Gasteiger partial charge is 0.471 e. The zero-order chi connectivity index (χ0) is 14.5. The zero-order valence-corrected chi connectivity index (χ0v) is 10.4. The molecule has 0 aliphatic heterocycles. The van der Waals surface area contributed by atoms with Crippen LogP contribution in [-0.4, -0.2) is 37.4 Å². The minimum absolute atomic E-state index is 0.0427. The molecule has 0 aliphatic rings. The van der Waals surface area contributed by atoms with Crippen molar-refractivity contribution in [1.82, 2.24) is 4.98 Å². The molecule has 1 amide bonds. The molecule has 0 bridgehead atoms. The predicted octanol–water partition coefficient (Wildman–Crippen LogP) is 1.92. The number of aromatic nitrogens is 1. The molecule has 0 spiro atoms. The maximum absolute atomic E-state index is 12.0. The molecule has 0 aliphatic carbocycles. The van der Waals surface area contributed by atoms with E-state index in [1.165, 1.54) is 13.2 Å². The fourth-order valence-electron chi connectivity index (χ4n) is 1.21. The Bertz CT molecular complexity index is 449. The highest BCUT2D eigenvalue weighted by Gasteiger charge is 2.38. The lowest BCUT2D eigenvalue weighted by molar-refractivity contribution is -0.167. The second-order valence-electron chi connectivity index (χ2n) is 3.64. The number of carbonyl (C=O) groups excluding carboxylic acids is 1. The first kappa shape index (κ1) is 15.2. The number of halogens is 3. The third kappa shape index (κ3) is 4.74. The normalized spacial score (nSPS) is 11.2. The van der Waals surface area contributed by atoms with Gasteiger partial charge in [-0.3, -0.25) is 4.79 Å². The number of aryl methyl sites for hydroxylation is 1. The summed E-state index contributed by atoms with van der Waals surface area (Å²) in [6, 6.07) is 1.35. The Balaban J connectivity index is 2.69. The van der Waals surface area contributed by atoms with Gasteiger partial charge in [-0.2, -0.15) is 13.2 Å². The van der Waals surface area contributed by atoms with Crippen molar-refractivity contribution in [2.75, 3.05) is 25.6 Å². The highest BCUT2D eigenvalue weighted by molar-refractivity contribution is 5.94. The maximum Gasteiger partial charge on any atom is 0.471 e. The third-order valence-electron chi connectivity index (χ3n) is 2.07. The summed E-state index contributed by atoms with van der Waals surface area (Å²) in [5.74, 6) is -1.76. The number of methoxy groups -OCH3 is 1. The van der Waals surface area contributed by atoms with Crippen LogP contribution in [0.1, 0.15) is 5.56 Å². The van der Waals surface area contributed by atoms with E-state index in [1.807, 2.05) is 0 Å². The number of carbonyl (C=O) groups is 1. The Morgan fingerprint density at radius 3 is 2.63 bits per heavy atom. The zero-order valence-electron chi connectivity index (χ0n) is 10.4. The molecule has 106 valence electrons. The Kier molecular flexibility index (Phi) is 5.11. The van der Waals surface area contributed by atoms with Crippen molar-refractivity contribution in [2.45, 2.75) is 13.1 Å². The number of nitrogens with zero attached hydrogens (tertiary/aromatic N) is 1. The number of hydrogen-bond acceptors (Lipinski definition) is 4. The van der Waals surface area contributed by atoms with Crippen LogP contribution in [0.5, 0.6) is 5.88 Å². The van der Waals surface area contributed by atoms with E-state index in [0.29, 0.717) is 12.2 Å². The van der Waals surface area contributed by atoms with Crippen molar-refractivity contribution in [2.24, 2.45) is 0 Å². The summed E-state index contributed by atoms with van der Waals surface area (Å²) in [6.07, 6.45) is -3.83. The van der Waals surface area contributed by atoms with Crippen LogP contribution in [0.3, 0.4) is 0 Å². The number of hydrogen-bond donors (Lipinski definition) is 1. The third-order valence-corrected chi connectivity index (χ3v) is 2.07. The SMILES string of the molecule is COCCOc1ncc(NC(=O)C(F)(F)F)cc1C. The van der Waals surface area contributed by atoms with Crippen LogP contribution in [0.2, 0.25) is 0 Å². The van der Waals surface area contributed by atoms with Crippen molar-refractivity contribution in [3.8, 4) is 5.88 Å². The predicted molar refractivity (Wildman–Crippen MR) is 61.0 cm³/mol. The summed E-state index contributed by atoms with van der Waals surface area (Å²) in [5.41, 5.74) is 0.468. The highest BCUT2D eigenvalue weighted by Crippen LogP contribution is 2.21. The van der Waals surface area contributed by atoms with Crippen molar-refractivity contribution in [1.29, 1.82) is 0 Å². The topological polar surface area (TPSA) is 60.5 Å². The molecule has 0 saturated carbocycles. The molecular weight excluding hydrogens is 265 g/mol. The van der Waals surface area contributed by atoms with Gasteiger partial charge in [-0.25, -0.2) is 4.98 Å². The Hall–Kier alpha value is -1.83. The minimum Gasteiger partial charge on any atom is -0.475 e. The first-order chi connectivity index (χ1) is 8.84. The van der Waals surface area contributed by atoms with Gasteiger partial charge in [-0.15, -0.1) is 0 Å². The molecule has 0 saturated heterocycles. The van der Waals surface area contributed by atoms with E-state index in [0.717, 1.165) is 6.20 Å². The van der Waals surface area contributed by atoms with Crippen molar-refractivity contribution in [3.63, 3.8) is 0 Å². The summed E-state index contributed by atoms with van der Waals surface area (Å²) in [7, 11) is 1.51. The Morgan fingerprint density at radius 1 is 1.42 bits per heavy atom. The highest BCUT2D eigenvalue weighted by atomic mass is 19.4. The average Bonchev–Trinajstić information content (AvgIpc) is 2.31. The number of amides is 1. The Morgan fingerprint density at radius 2 is 2.11 bits per heavy atom. The molecule has 5 nitrogen and oxygen atoms in total. The first-order valence-electron chi connectivity index (χ1n) is 5.31. The summed E-state index contributed by atoms with van der Waals surface area (Å²) in [6.45, 7) is 2.25. The second kappa shape index (κ2) is 6.37. The molecule has 1 rings (SSSR count). The van der Waals surface area contributed by atoms with Crippen LogP contribution in [0.25, 0.3) is 0 Å². The van der Waals surface area contributed by atoms with Crippen molar-refractivity contribution in [3.05, 3.63) is 17.8 Å². The lowest BCUT2D eigenvalue weighted by Crippen LogP contribution is -2.30. The number of rotatable bonds is 5. The van der Waals surface area contributed by atoms with Gasteiger partial charge in [0.05, 0.1) is 18.5 Å². The summed E-state index contributed by atoms with van der Waals surface area (Å²) in [5, 5.41) is 1.71. The molecule has 1 aromatic rings. The average molecular weight is 278 g/mol. The Labute approximate surface area is 107 Å². The van der Waals surface area contributed by atoms with Crippen LogP contribution in [0.15, 0.2) is 12.3 Å². The number of pyridine rings is 1. The van der Waals surface area contributed by atoms with Crippen LogP contribution in [-0.2, 0) is 9.53 Å². The quantitative estimate of drug-likeness (QED) is 0.836. The maximum atomic E-state index is 12.0.